The van der Waals surface area contributed by atoms with Crippen molar-refractivity contribution in [2.24, 2.45) is 5.73 Å². The second kappa shape index (κ2) is 7.67. The zero-order valence-corrected chi connectivity index (χ0v) is 15.2. The number of hydrogen-bond donors (Lipinski definition) is 3. The van der Waals surface area contributed by atoms with Crippen LogP contribution in [-0.2, 0) is 15.0 Å². The third kappa shape index (κ3) is 5.04. The number of aromatic nitrogens is 2. The highest BCUT2D eigenvalue weighted by atomic mass is 35.5. The zero-order chi connectivity index (χ0) is 18.6. The third-order valence-electron chi connectivity index (χ3n) is 3.43. The number of anilines is 1. The minimum Gasteiger partial charge on any atom is -0.346 e. The summed E-state index contributed by atoms with van der Waals surface area (Å²) in [6.45, 7) is 5.77. The van der Waals surface area contributed by atoms with Gasteiger partial charge in [-0.15, -0.1) is 0 Å². The van der Waals surface area contributed by atoms with E-state index in [1.807, 2.05) is 39.0 Å². The van der Waals surface area contributed by atoms with Gasteiger partial charge in [-0.2, -0.15) is 5.10 Å². The number of amides is 2. The van der Waals surface area contributed by atoms with E-state index in [4.69, 9.17) is 17.3 Å². The Bertz CT molecular complexity index is 780. The Kier molecular flexibility index (Phi) is 5.81. The van der Waals surface area contributed by atoms with E-state index in [1.54, 1.807) is 16.8 Å². The number of carbonyl (C=O) groups is 2. The van der Waals surface area contributed by atoms with Crippen LogP contribution in [0.5, 0.6) is 0 Å². The lowest BCUT2D eigenvalue weighted by atomic mass is 9.92. The van der Waals surface area contributed by atoms with E-state index in [-0.39, 0.29) is 24.4 Å². The van der Waals surface area contributed by atoms with Crippen LogP contribution in [0.1, 0.15) is 26.5 Å². The van der Waals surface area contributed by atoms with Gasteiger partial charge in [-0.1, -0.05) is 38.4 Å². The van der Waals surface area contributed by atoms with Crippen molar-refractivity contribution in [3.63, 3.8) is 0 Å². The highest BCUT2D eigenvalue weighted by molar-refractivity contribution is 6.30. The van der Waals surface area contributed by atoms with E-state index in [9.17, 15) is 9.59 Å². The van der Waals surface area contributed by atoms with E-state index >= 15 is 0 Å². The number of nitrogens with two attached hydrogens (primary N) is 1. The van der Waals surface area contributed by atoms with Crippen molar-refractivity contribution in [1.82, 2.24) is 15.1 Å². The van der Waals surface area contributed by atoms with Crippen LogP contribution >= 0.6 is 11.6 Å². The van der Waals surface area contributed by atoms with Gasteiger partial charge >= 0.3 is 0 Å². The van der Waals surface area contributed by atoms with Crippen molar-refractivity contribution in [3.05, 3.63) is 41.0 Å². The smallest absolute Gasteiger partial charge is 0.244 e. The van der Waals surface area contributed by atoms with E-state index in [0.717, 1.165) is 11.4 Å². The molecule has 0 spiro atoms. The molecular weight excluding hydrogens is 342 g/mol. The molecule has 1 aromatic heterocycles. The molecule has 0 fully saturated rings. The number of nitrogens with zero attached hydrogens (tertiary/aromatic N) is 2. The fraction of sp³-hybridized carbons (Fsp3) is 0.353. The molecule has 0 aliphatic carbocycles. The van der Waals surface area contributed by atoms with E-state index in [2.05, 4.69) is 15.7 Å². The summed E-state index contributed by atoms with van der Waals surface area (Å²) in [6.07, 6.45) is 0. The van der Waals surface area contributed by atoms with Gasteiger partial charge in [0.2, 0.25) is 11.8 Å². The van der Waals surface area contributed by atoms with E-state index in [1.165, 1.54) is 0 Å². The highest BCUT2D eigenvalue weighted by Gasteiger charge is 2.21. The Morgan fingerprint density at radius 2 is 1.96 bits per heavy atom. The first-order valence-electron chi connectivity index (χ1n) is 7.84. The van der Waals surface area contributed by atoms with Gasteiger partial charge in [0.15, 0.2) is 0 Å². The molecule has 0 radical (unpaired) electrons. The van der Waals surface area contributed by atoms with Gasteiger partial charge in [0.05, 0.1) is 24.5 Å². The van der Waals surface area contributed by atoms with Crippen LogP contribution < -0.4 is 16.4 Å². The molecule has 0 aliphatic heterocycles. The predicted octanol–water partition coefficient (Wildman–Crippen LogP) is 1.84. The van der Waals surface area contributed by atoms with Crippen LogP contribution in [0.2, 0.25) is 5.02 Å². The van der Waals surface area contributed by atoms with Gasteiger partial charge in [-0.25, -0.2) is 4.68 Å². The monoisotopic (exact) mass is 363 g/mol. The second-order valence-corrected chi connectivity index (χ2v) is 7.02. The summed E-state index contributed by atoms with van der Waals surface area (Å²) in [4.78, 5) is 23.3. The van der Waals surface area contributed by atoms with Gasteiger partial charge in [0.1, 0.15) is 5.82 Å². The average molecular weight is 364 g/mol. The molecule has 0 saturated carbocycles. The first kappa shape index (κ1) is 19.0. The van der Waals surface area contributed by atoms with Crippen LogP contribution in [-0.4, -0.2) is 34.7 Å². The maximum absolute atomic E-state index is 12.1. The molecule has 4 N–H and O–H groups in total. The minimum absolute atomic E-state index is 0.165. The molecule has 0 unspecified atom stereocenters. The van der Waals surface area contributed by atoms with Crippen molar-refractivity contribution >= 4 is 29.2 Å². The molecule has 8 heteroatoms. The van der Waals surface area contributed by atoms with Crippen LogP contribution in [0, 0.1) is 0 Å². The largest absolute Gasteiger partial charge is 0.346 e. The van der Waals surface area contributed by atoms with Crippen LogP contribution in [0.25, 0.3) is 5.69 Å². The number of nitrogens with one attached hydrogen (secondary N) is 2. The summed E-state index contributed by atoms with van der Waals surface area (Å²) in [6, 6.07) is 8.98. The first-order chi connectivity index (χ1) is 11.7. The Labute approximate surface area is 151 Å². The number of rotatable bonds is 5. The van der Waals surface area contributed by atoms with Crippen molar-refractivity contribution in [2.75, 3.05) is 18.4 Å². The highest BCUT2D eigenvalue weighted by Crippen LogP contribution is 2.27. The van der Waals surface area contributed by atoms with Gasteiger partial charge in [0, 0.05) is 16.5 Å². The maximum Gasteiger partial charge on any atom is 0.244 e. The Balaban J connectivity index is 2.31. The fourth-order valence-corrected chi connectivity index (χ4v) is 2.26. The summed E-state index contributed by atoms with van der Waals surface area (Å²) >= 11 is 6.06. The quantitative estimate of drug-likeness (QED) is 0.754. The standard InChI is InChI=1S/C17H22ClN5O2/c1-17(2,3)13-8-14(21-16(25)10-20-15(24)9-19)23(22-13)12-6-4-5-11(18)7-12/h4-8H,9-10,19H2,1-3H3,(H,20,24)(H,21,25). The van der Waals surface area contributed by atoms with Crippen molar-refractivity contribution < 1.29 is 9.59 Å². The van der Waals surface area contributed by atoms with Crippen molar-refractivity contribution in [2.45, 2.75) is 26.2 Å². The number of benzene rings is 1. The Morgan fingerprint density at radius 3 is 2.56 bits per heavy atom. The van der Waals surface area contributed by atoms with Crippen LogP contribution in [0.15, 0.2) is 30.3 Å². The topological polar surface area (TPSA) is 102 Å². The van der Waals surface area contributed by atoms with Gasteiger partial charge in [0.25, 0.3) is 0 Å². The van der Waals surface area contributed by atoms with Crippen LogP contribution in [0.3, 0.4) is 0 Å². The molecule has 7 nitrogen and oxygen atoms in total. The summed E-state index contributed by atoms with van der Waals surface area (Å²) in [5.74, 6) is -0.265. The number of carbonyl (C=O) groups excluding carboxylic acids is 2. The molecule has 0 bridgehead atoms. The normalized spacial score (nSPS) is 11.2. The molecule has 2 amide bonds. The average Bonchev–Trinajstić information content (AvgIpc) is 2.96. The second-order valence-electron chi connectivity index (χ2n) is 6.59. The molecule has 25 heavy (non-hydrogen) atoms. The molecule has 0 atom stereocenters. The molecule has 134 valence electrons. The van der Waals surface area contributed by atoms with E-state index in [0.29, 0.717) is 10.8 Å². The van der Waals surface area contributed by atoms with Crippen molar-refractivity contribution in [1.29, 1.82) is 0 Å². The summed E-state index contributed by atoms with van der Waals surface area (Å²) in [7, 11) is 0. The molecule has 2 rings (SSSR count). The SMILES string of the molecule is CC(C)(C)c1cc(NC(=O)CNC(=O)CN)n(-c2cccc(Cl)c2)n1. The summed E-state index contributed by atoms with van der Waals surface area (Å²) in [5, 5.41) is 10.4. The first-order valence-corrected chi connectivity index (χ1v) is 8.21. The fourth-order valence-electron chi connectivity index (χ4n) is 2.08. The lowest BCUT2D eigenvalue weighted by molar-refractivity contribution is -0.123. The predicted molar refractivity (Wildman–Crippen MR) is 98.0 cm³/mol. The third-order valence-corrected chi connectivity index (χ3v) is 3.66. The van der Waals surface area contributed by atoms with Gasteiger partial charge in [-0.3, -0.25) is 9.59 Å². The molecule has 1 heterocycles. The van der Waals surface area contributed by atoms with Gasteiger partial charge in [-0.05, 0) is 18.2 Å². The molecule has 0 aliphatic rings. The number of hydrogen-bond acceptors (Lipinski definition) is 4. The van der Waals surface area contributed by atoms with Gasteiger partial charge < -0.3 is 16.4 Å². The summed E-state index contributed by atoms with van der Waals surface area (Å²) < 4.78 is 1.62. The Hall–Kier alpha value is -2.38. The number of halogens is 1. The lowest BCUT2D eigenvalue weighted by Gasteiger charge is -2.14. The minimum atomic E-state index is -0.395. The van der Waals surface area contributed by atoms with Crippen LogP contribution in [0.4, 0.5) is 5.82 Å². The Morgan fingerprint density at radius 1 is 1.24 bits per heavy atom. The molecule has 0 saturated heterocycles. The zero-order valence-electron chi connectivity index (χ0n) is 14.5. The molecule has 2 aromatic rings. The summed E-state index contributed by atoms with van der Waals surface area (Å²) in [5.41, 5.74) is 6.55. The van der Waals surface area contributed by atoms with Crippen molar-refractivity contribution in [3.8, 4) is 5.69 Å². The maximum atomic E-state index is 12.1. The molecular formula is C17H22ClN5O2. The lowest BCUT2D eigenvalue weighted by Crippen LogP contribution is -2.36. The van der Waals surface area contributed by atoms with E-state index < -0.39 is 5.91 Å². The molecule has 1 aromatic carbocycles.